The molecule has 158 valence electrons. The summed E-state index contributed by atoms with van der Waals surface area (Å²) in [5.41, 5.74) is 1.20. The molecule has 0 aliphatic carbocycles. The summed E-state index contributed by atoms with van der Waals surface area (Å²) in [6.07, 6.45) is 4.54. The van der Waals surface area contributed by atoms with E-state index in [9.17, 15) is 14.4 Å². The maximum atomic E-state index is 12.9. The third kappa shape index (κ3) is 5.84. The average Bonchev–Trinajstić information content (AvgIpc) is 2.95. The Hall–Kier alpha value is -3.33. The molecule has 1 saturated heterocycles. The van der Waals surface area contributed by atoms with E-state index >= 15 is 0 Å². The summed E-state index contributed by atoms with van der Waals surface area (Å²) in [5, 5.41) is 0. The van der Waals surface area contributed by atoms with Crippen molar-refractivity contribution in [2.24, 2.45) is 0 Å². The number of hydrogen-bond acceptors (Lipinski definition) is 7. The number of hydrogen-bond donors (Lipinski definition) is 0. The molecule has 3 rings (SSSR count). The molecule has 1 fully saturated rings. The van der Waals surface area contributed by atoms with Gasteiger partial charge in [-0.2, -0.15) is 0 Å². The summed E-state index contributed by atoms with van der Waals surface area (Å²) >= 11 is 0. The van der Waals surface area contributed by atoms with Gasteiger partial charge in [0.05, 0.1) is 26.2 Å². The summed E-state index contributed by atoms with van der Waals surface area (Å²) in [6, 6.07) is 8.74. The number of pyridine rings is 2. The Labute approximate surface area is 174 Å². The normalized spacial score (nSPS) is 16.8. The van der Waals surface area contributed by atoms with Gasteiger partial charge in [0.15, 0.2) is 0 Å². The highest BCUT2D eigenvalue weighted by molar-refractivity contribution is 5.95. The molecule has 9 heteroatoms. The van der Waals surface area contributed by atoms with E-state index in [-0.39, 0.29) is 50.1 Å². The highest BCUT2D eigenvalue weighted by atomic mass is 16.5. The van der Waals surface area contributed by atoms with E-state index in [2.05, 4.69) is 14.7 Å². The molecule has 0 radical (unpaired) electrons. The van der Waals surface area contributed by atoms with Gasteiger partial charge in [0.25, 0.3) is 5.91 Å². The number of carbonyl (C=O) groups is 3. The zero-order valence-electron chi connectivity index (χ0n) is 16.8. The van der Waals surface area contributed by atoms with Gasteiger partial charge in [0, 0.05) is 38.2 Å². The molecule has 0 aromatic carbocycles. The van der Waals surface area contributed by atoms with E-state index in [1.165, 1.54) is 18.2 Å². The van der Waals surface area contributed by atoms with Crippen LogP contribution in [0.5, 0.6) is 0 Å². The lowest BCUT2D eigenvalue weighted by molar-refractivity contribution is -0.142. The van der Waals surface area contributed by atoms with E-state index < -0.39 is 12.1 Å². The van der Waals surface area contributed by atoms with Crippen LogP contribution in [0.15, 0.2) is 48.9 Å². The second kappa shape index (κ2) is 10.4. The Bertz CT molecular complexity index is 862. The van der Waals surface area contributed by atoms with Crippen molar-refractivity contribution in [2.75, 3.05) is 33.3 Å². The lowest BCUT2D eigenvalue weighted by atomic mass is 10.2. The van der Waals surface area contributed by atoms with Gasteiger partial charge in [-0.1, -0.05) is 6.07 Å². The molecular formula is C21H24N4O5. The maximum Gasteiger partial charge on any atom is 0.307 e. The highest BCUT2D eigenvalue weighted by Crippen LogP contribution is 2.14. The van der Waals surface area contributed by atoms with Crippen molar-refractivity contribution in [2.45, 2.75) is 19.1 Å². The van der Waals surface area contributed by atoms with Crippen LogP contribution in [0.25, 0.3) is 0 Å². The zero-order valence-corrected chi connectivity index (χ0v) is 16.8. The average molecular weight is 412 g/mol. The van der Waals surface area contributed by atoms with Gasteiger partial charge in [-0.15, -0.1) is 0 Å². The van der Waals surface area contributed by atoms with Crippen LogP contribution in [0.1, 0.15) is 22.5 Å². The number of amides is 2. The number of nitrogens with zero attached hydrogens (tertiary/aromatic N) is 4. The van der Waals surface area contributed by atoms with E-state index in [1.54, 1.807) is 35.5 Å². The van der Waals surface area contributed by atoms with E-state index in [0.29, 0.717) is 6.61 Å². The van der Waals surface area contributed by atoms with Crippen LogP contribution in [0.4, 0.5) is 0 Å². The lowest BCUT2D eigenvalue weighted by Crippen LogP contribution is -2.40. The monoisotopic (exact) mass is 412 g/mol. The Morgan fingerprint density at radius 3 is 2.63 bits per heavy atom. The largest absolute Gasteiger partial charge is 0.469 e. The number of carbonyl (C=O) groups excluding carboxylic acids is 3. The molecule has 2 aromatic heterocycles. The minimum absolute atomic E-state index is 0.0769. The Balaban J connectivity index is 1.74. The van der Waals surface area contributed by atoms with Crippen LogP contribution >= 0.6 is 0 Å². The fourth-order valence-electron chi connectivity index (χ4n) is 3.13. The SMILES string of the molecule is COC(=O)CCN1C[C@H](OCc2ccncc2)CN(C(=O)c2ccccn2)CC1=O. The molecule has 0 saturated carbocycles. The lowest BCUT2D eigenvalue weighted by Gasteiger charge is -2.24. The highest BCUT2D eigenvalue weighted by Gasteiger charge is 2.32. The van der Waals surface area contributed by atoms with Crippen LogP contribution in [-0.2, 0) is 25.7 Å². The second-order valence-electron chi connectivity index (χ2n) is 6.86. The number of rotatable bonds is 7. The molecule has 0 unspecified atom stereocenters. The topological polar surface area (TPSA) is 102 Å². The van der Waals surface area contributed by atoms with Crippen LogP contribution in [-0.4, -0.2) is 76.9 Å². The number of aromatic nitrogens is 2. The Morgan fingerprint density at radius 1 is 1.13 bits per heavy atom. The molecule has 1 atom stereocenters. The second-order valence-corrected chi connectivity index (χ2v) is 6.86. The zero-order chi connectivity index (χ0) is 21.3. The van der Waals surface area contributed by atoms with Crippen molar-refractivity contribution in [3.8, 4) is 0 Å². The van der Waals surface area contributed by atoms with Crippen LogP contribution in [0, 0.1) is 0 Å². The summed E-state index contributed by atoms with van der Waals surface area (Å²) in [7, 11) is 1.31. The third-order valence-corrected chi connectivity index (χ3v) is 4.75. The van der Waals surface area contributed by atoms with Crippen LogP contribution < -0.4 is 0 Å². The predicted octanol–water partition coefficient (Wildman–Crippen LogP) is 0.909. The fraction of sp³-hybridized carbons (Fsp3) is 0.381. The first-order valence-electron chi connectivity index (χ1n) is 9.62. The van der Waals surface area contributed by atoms with Gasteiger partial charge >= 0.3 is 5.97 Å². The maximum absolute atomic E-state index is 12.9. The summed E-state index contributed by atoms with van der Waals surface area (Å²) in [4.78, 5) is 48.3. The Kier molecular flexibility index (Phi) is 7.45. The van der Waals surface area contributed by atoms with E-state index in [0.717, 1.165) is 5.56 Å². The van der Waals surface area contributed by atoms with Gasteiger partial charge in [-0.25, -0.2) is 0 Å². The first-order chi connectivity index (χ1) is 14.6. The molecule has 3 heterocycles. The van der Waals surface area contributed by atoms with E-state index in [4.69, 9.17) is 4.74 Å². The molecule has 0 bridgehead atoms. The predicted molar refractivity (Wildman–Crippen MR) is 106 cm³/mol. The molecule has 2 aromatic rings. The number of esters is 1. The smallest absolute Gasteiger partial charge is 0.307 e. The minimum atomic E-state index is -0.421. The van der Waals surface area contributed by atoms with Crippen molar-refractivity contribution >= 4 is 17.8 Å². The third-order valence-electron chi connectivity index (χ3n) is 4.75. The quantitative estimate of drug-likeness (QED) is 0.623. The molecule has 30 heavy (non-hydrogen) atoms. The molecular weight excluding hydrogens is 388 g/mol. The van der Waals surface area contributed by atoms with Crippen molar-refractivity contribution in [3.63, 3.8) is 0 Å². The molecule has 1 aliphatic rings. The van der Waals surface area contributed by atoms with Gasteiger partial charge in [-0.05, 0) is 29.8 Å². The van der Waals surface area contributed by atoms with Crippen LogP contribution in [0.2, 0.25) is 0 Å². The fourth-order valence-corrected chi connectivity index (χ4v) is 3.13. The molecule has 9 nitrogen and oxygen atoms in total. The number of ether oxygens (including phenoxy) is 2. The van der Waals surface area contributed by atoms with Gasteiger partial charge in [0.2, 0.25) is 5.91 Å². The molecule has 1 aliphatic heterocycles. The van der Waals surface area contributed by atoms with Gasteiger partial charge < -0.3 is 19.3 Å². The standard InChI is InChI=1S/C21H24N4O5/c1-29-20(27)7-11-24-12-17(30-15-16-5-9-22-10-6-16)13-25(14-19(24)26)21(28)18-4-2-3-8-23-18/h2-6,8-10,17H,7,11-15H2,1H3/t17-/m0/s1. The summed E-state index contributed by atoms with van der Waals surface area (Å²) in [6.45, 7) is 0.920. The summed E-state index contributed by atoms with van der Waals surface area (Å²) in [5.74, 6) is -0.989. The molecule has 0 spiro atoms. The van der Waals surface area contributed by atoms with Gasteiger partial charge in [0.1, 0.15) is 12.2 Å². The molecule has 2 amide bonds. The van der Waals surface area contributed by atoms with E-state index in [1.807, 2.05) is 12.1 Å². The van der Waals surface area contributed by atoms with Crippen molar-refractivity contribution in [3.05, 3.63) is 60.2 Å². The summed E-state index contributed by atoms with van der Waals surface area (Å²) < 4.78 is 10.7. The minimum Gasteiger partial charge on any atom is -0.469 e. The van der Waals surface area contributed by atoms with Gasteiger partial charge in [-0.3, -0.25) is 24.4 Å². The Morgan fingerprint density at radius 2 is 1.93 bits per heavy atom. The first kappa shape index (κ1) is 21.4. The van der Waals surface area contributed by atoms with Crippen molar-refractivity contribution < 1.29 is 23.9 Å². The van der Waals surface area contributed by atoms with Crippen molar-refractivity contribution in [1.82, 2.24) is 19.8 Å². The first-order valence-corrected chi connectivity index (χ1v) is 9.62. The molecule has 0 N–H and O–H groups in total. The number of methoxy groups -OCH3 is 1. The van der Waals surface area contributed by atoms with Crippen molar-refractivity contribution in [1.29, 1.82) is 0 Å². The van der Waals surface area contributed by atoms with Crippen LogP contribution in [0.3, 0.4) is 0 Å².